The van der Waals surface area contributed by atoms with Gasteiger partial charge in [0.1, 0.15) is 5.75 Å². The molecular formula is C19H31NO. The first-order valence-corrected chi connectivity index (χ1v) is 8.64. The molecule has 0 saturated carbocycles. The van der Waals surface area contributed by atoms with E-state index in [0.717, 1.165) is 13.0 Å². The molecular weight excluding hydrogens is 258 g/mol. The monoisotopic (exact) mass is 289 g/mol. The lowest BCUT2D eigenvalue weighted by Gasteiger charge is -2.41. The third-order valence-corrected chi connectivity index (χ3v) is 4.80. The van der Waals surface area contributed by atoms with Crippen LogP contribution in [0.25, 0.3) is 0 Å². The molecule has 1 aromatic rings. The van der Waals surface area contributed by atoms with E-state index < -0.39 is 0 Å². The van der Waals surface area contributed by atoms with Crippen molar-refractivity contribution in [2.24, 2.45) is 5.92 Å². The highest BCUT2D eigenvalue weighted by Gasteiger charge is 2.29. The number of benzene rings is 1. The van der Waals surface area contributed by atoms with E-state index in [-0.39, 0.29) is 0 Å². The zero-order valence-corrected chi connectivity index (χ0v) is 14.1. The van der Waals surface area contributed by atoms with Crippen molar-refractivity contribution in [1.82, 2.24) is 4.90 Å². The number of phenols is 1. The maximum absolute atomic E-state index is 9.75. The highest BCUT2D eigenvalue weighted by Crippen LogP contribution is 2.38. The first kappa shape index (κ1) is 16.4. The fourth-order valence-electron chi connectivity index (χ4n) is 3.83. The van der Waals surface area contributed by atoms with E-state index in [0.29, 0.717) is 23.8 Å². The minimum absolute atomic E-state index is 0.410. The molecule has 0 fully saturated rings. The summed E-state index contributed by atoms with van der Waals surface area (Å²) in [5, 5.41) is 9.75. The fraction of sp³-hybridized carbons (Fsp3) is 0.684. The van der Waals surface area contributed by atoms with Gasteiger partial charge in [-0.05, 0) is 61.3 Å². The van der Waals surface area contributed by atoms with Crippen molar-refractivity contribution in [3.8, 4) is 5.75 Å². The van der Waals surface area contributed by atoms with Gasteiger partial charge in [-0.2, -0.15) is 0 Å². The molecule has 1 atom stereocenters. The summed E-state index contributed by atoms with van der Waals surface area (Å²) in [7, 11) is 0. The van der Waals surface area contributed by atoms with Crippen LogP contribution in [0.1, 0.15) is 70.5 Å². The summed E-state index contributed by atoms with van der Waals surface area (Å²) in [5.74, 6) is 1.10. The van der Waals surface area contributed by atoms with Crippen LogP contribution in [0, 0.1) is 5.92 Å². The lowest BCUT2D eigenvalue weighted by atomic mass is 9.85. The van der Waals surface area contributed by atoms with Crippen LogP contribution in [-0.2, 0) is 6.42 Å². The van der Waals surface area contributed by atoms with E-state index in [2.05, 4.69) is 38.7 Å². The van der Waals surface area contributed by atoms with E-state index in [1.165, 1.54) is 36.8 Å². The summed E-state index contributed by atoms with van der Waals surface area (Å²) in [6.07, 6.45) is 6.02. The Kier molecular flexibility index (Phi) is 5.69. The van der Waals surface area contributed by atoms with Gasteiger partial charge in [0.15, 0.2) is 0 Å². The van der Waals surface area contributed by atoms with Gasteiger partial charge in [0, 0.05) is 18.6 Å². The van der Waals surface area contributed by atoms with Crippen LogP contribution in [-0.4, -0.2) is 22.6 Å². The number of rotatable bonds is 6. The van der Waals surface area contributed by atoms with Crippen molar-refractivity contribution >= 4 is 0 Å². The molecule has 0 radical (unpaired) electrons. The molecule has 1 aliphatic carbocycles. The molecule has 2 rings (SSSR count). The Morgan fingerprint density at radius 1 is 1.24 bits per heavy atom. The van der Waals surface area contributed by atoms with Gasteiger partial charge in [0.2, 0.25) is 0 Å². The summed E-state index contributed by atoms with van der Waals surface area (Å²) in [5.41, 5.74) is 2.80. The van der Waals surface area contributed by atoms with Crippen LogP contribution >= 0.6 is 0 Å². The van der Waals surface area contributed by atoms with E-state index in [4.69, 9.17) is 0 Å². The Labute approximate surface area is 130 Å². The molecule has 1 unspecified atom stereocenters. The van der Waals surface area contributed by atoms with Crippen LogP contribution in [0.3, 0.4) is 0 Å². The lowest BCUT2D eigenvalue weighted by molar-refractivity contribution is 0.0973. The number of nitrogens with zero attached hydrogens (tertiary/aromatic N) is 1. The van der Waals surface area contributed by atoms with Crippen LogP contribution in [0.15, 0.2) is 18.2 Å². The third kappa shape index (κ3) is 3.79. The summed E-state index contributed by atoms with van der Waals surface area (Å²) in [6, 6.07) is 7.18. The van der Waals surface area contributed by atoms with Crippen LogP contribution < -0.4 is 0 Å². The van der Waals surface area contributed by atoms with Crippen LogP contribution in [0.4, 0.5) is 0 Å². The summed E-state index contributed by atoms with van der Waals surface area (Å²) >= 11 is 0. The number of hydrogen-bond acceptors (Lipinski definition) is 2. The van der Waals surface area contributed by atoms with Gasteiger partial charge >= 0.3 is 0 Å². The quantitative estimate of drug-likeness (QED) is 0.803. The van der Waals surface area contributed by atoms with E-state index in [9.17, 15) is 5.11 Å². The predicted molar refractivity (Wildman–Crippen MR) is 89.7 cm³/mol. The maximum atomic E-state index is 9.75. The molecule has 0 heterocycles. The van der Waals surface area contributed by atoms with Gasteiger partial charge in [-0.3, -0.25) is 4.90 Å². The second-order valence-corrected chi connectivity index (χ2v) is 6.85. The van der Waals surface area contributed by atoms with Gasteiger partial charge in [-0.15, -0.1) is 0 Å². The fourth-order valence-corrected chi connectivity index (χ4v) is 3.83. The Morgan fingerprint density at radius 3 is 2.57 bits per heavy atom. The number of fused-ring (bicyclic) bond motifs is 1. The molecule has 0 spiro atoms. The first-order valence-electron chi connectivity index (χ1n) is 8.64. The van der Waals surface area contributed by atoms with Crippen molar-refractivity contribution in [1.29, 1.82) is 0 Å². The number of aromatic hydroxyl groups is 1. The van der Waals surface area contributed by atoms with Gasteiger partial charge in [-0.25, -0.2) is 0 Å². The molecule has 1 aromatic carbocycles. The zero-order valence-electron chi connectivity index (χ0n) is 14.1. The molecule has 118 valence electrons. The number of hydrogen-bond donors (Lipinski definition) is 1. The predicted octanol–water partition coefficient (Wildman–Crippen LogP) is 4.92. The topological polar surface area (TPSA) is 23.5 Å². The van der Waals surface area contributed by atoms with Crippen molar-refractivity contribution in [2.75, 3.05) is 6.54 Å². The SMILES string of the molecule is CCC(CC)N(CC(C)C)C1CCCc2cc(O)ccc21. The molecule has 0 amide bonds. The summed E-state index contributed by atoms with van der Waals surface area (Å²) < 4.78 is 0. The van der Waals surface area contributed by atoms with Crippen molar-refractivity contribution in [3.63, 3.8) is 0 Å². The van der Waals surface area contributed by atoms with E-state index in [1.54, 1.807) is 0 Å². The highest BCUT2D eigenvalue weighted by atomic mass is 16.3. The Hall–Kier alpha value is -1.02. The minimum Gasteiger partial charge on any atom is -0.508 e. The van der Waals surface area contributed by atoms with Gasteiger partial charge in [0.25, 0.3) is 0 Å². The molecule has 0 saturated heterocycles. The molecule has 2 nitrogen and oxygen atoms in total. The summed E-state index contributed by atoms with van der Waals surface area (Å²) in [4.78, 5) is 2.74. The maximum Gasteiger partial charge on any atom is 0.115 e. The van der Waals surface area contributed by atoms with Gasteiger partial charge < -0.3 is 5.11 Å². The minimum atomic E-state index is 0.410. The molecule has 0 aliphatic heterocycles. The smallest absolute Gasteiger partial charge is 0.115 e. The molecule has 21 heavy (non-hydrogen) atoms. The van der Waals surface area contributed by atoms with E-state index >= 15 is 0 Å². The van der Waals surface area contributed by atoms with Crippen molar-refractivity contribution in [2.45, 2.75) is 71.9 Å². The second-order valence-electron chi connectivity index (χ2n) is 6.85. The number of aryl methyl sites for hydroxylation is 1. The lowest BCUT2D eigenvalue weighted by Crippen LogP contribution is -2.41. The Bertz CT molecular complexity index is 451. The van der Waals surface area contributed by atoms with Gasteiger partial charge in [0.05, 0.1) is 0 Å². The van der Waals surface area contributed by atoms with Crippen LogP contribution in [0.5, 0.6) is 5.75 Å². The first-order chi connectivity index (χ1) is 10.1. The largest absolute Gasteiger partial charge is 0.508 e. The van der Waals surface area contributed by atoms with Crippen LogP contribution in [0.2, 0.25) is 0 Å². The molecule has 1 N–H and O–H groups in total. The average Bonchev–Trinajstić information content (AvgIpc) is 2.46. The molecule has 2 heteroatoms. The van der Waals surface area contributed by atoms with E-state index in [1.807, 2.05) is 12.1 Å². The zero-order chi connectivity index (χ0) is 15.4. The Morgan fingerprint density at radius 2 is 1.95 bits per heavy atom. The Balaban J connectivity index is 2.33. The van der Waals surface area contributed by atoms with Crippen molar-refractivity contribution in [3.05, 3.63) is 29.3 Å². The summed E-state index contributed by atoms with van der Waals surface area (Å²) in [6.45, 7) is 10.4. The number of phenolic OH excluding ortho intramolecular Hbond substituents is 1. The third-order valence-electron chi connectivity index (χ3n) is 4.80. The molecule has 1 aliphatic rings. The molecule has 0 bridgehead atoms. The standard InChI is InChI=1S/C19H31NO/c1-5-16(6-2)20(13-14(3)4)19-9-7-8-15-12-17(21)10-11-18(15)19/h10-12,14,16,19,21H,5-9,13H2,1-4H3. The second kappa shape index (κ2) is 7.31. The molecule has 0 aromatic heterocycles. The average molecular weight is 289 g/mol. The highest BCUT2D eigenvalue weighted by molar-refractivity contribution is 5.38. The van der Waals surface area contributed by atoms with Crippen molar-refractivity contribution < 1.29 is 5.11 Å². The normalized spacial score (nSPS) is 18.5. The van der Waals surface area contributed by atoms with Gasteiger partial charge in [-0.1, -0.05) is 33.8 Å².